The van der Waals surface area contributed by atoms with Crippen molar-refractivity contribution in [2.24, 2.45) is 0 Å². The van der Waals surface area contributed by atoms with Crippen LogP contribution in [0.4, 0.5) is 0 Å². The van der Waals surface area contributed by atoms with Gasteiger partial charge in [0, 0.05) is 17.8 Å². The lowest BCUT2D eigenvalue weighted by Gasteiger charge is -2.24. The van der Waals surface area contributed by atoms with Gasteiger partial charge in [0.2, 0.25) is 5.91 Å². The third kappa shape index (κ3) is 2.73. The number of aromatic nitrogens is 3. The maximum Gasteiger partial charge on any atom is 0.234 e. The number of thioether (sulfide) groups is 1. The molecule has 3 aromatic rings. The van der Waals surface area contributed by atoms with Crippen LogP contribution in [0.2, 0.25) is 0 Å². The van der Waals surface area contributed by atoms with E-state index in [0.29, 0.717) is 12.3 Å². The van der Waals surface area contributed by atoms with Crippen molar-refractivity contribution in [1.82, 2.24) is 19.9 Å². The van der Waals surface area contributed by atoms with E-state index >= 15 is 0 Å². The molecule has 2 aromatic heterocycles. The van der Waals surface area contributed by atoms with Gasteiger partial charge in [0.1, 0.15) is 5.37 Å². The molecule has 1 fully saturated rings. The SMILES string of the molecule is Cc1cnc(CN2C(=O)CSC2c2ccnc3ccccc23)cn1. The molecule has 1 amide bonds. The lowest BCUT2D eigenvalue weighted by molar-refractivity contribution is -0.128. The molecule has 1 aliphatic heterocycles. The van der Waals surface area contributed by atoms with E-state index in [4.69, 9.17) is 0 Å². The molecule has 1 aliphatic rings. The van der Waals surface area contributed by atoms with E-state index in [1.807, 2.05) is 42.3 Å². The Balaban J connectivity index is 1.70. The van der Waals surface area contributed by atoms with Gasteiger partial charge in [-0.15, -0.1) is 11.8 Å². The number of aryl methyl sites for hydroxylation is 1. The van der Waals surface area contributed by atoms with Gasteiger partial charge in [-0.1, -0.05) is 18.2 Å². The second-order valence-electron chi connectivity index (χ2n) is 5.75. The lowest BCUT2D eigenvalue weighted by Crippen LogP contribution is -2.28. The zero-order valence-electron chi connectivity index (χ0n) is 13.2. The summed E-state index contributed by atoms with van der Waals surface area (Å²) >= 11 is 1.65. The summed E-state index contributed by atoms with van der Waals surface area (Å²) in [6.07, 6.45) is 5.29. The molecule has 24 heavy (non-hydrogen) atoms. The lowest BCUT2D eigenvalue weighted by atomic mass is 10.1. The molecule has 4 rings (SSSR count). The summed E-state index contributed by atoms with van der Waals surface area (Å²) in [7, 11) is 0. The minimum atomic E-state index is -0.0199. The Morgan fingerprint density at radius 1 is 1.17 bits per heavy atom. The van der Waals surface area contributed by atoms with E-state index < -0.39 is 0 Å². The van der Waals surface area contributed by atoms with Crippen LogP contribution >= 0.6 is 11.8 Å². The molecule has 5 nitrogen and oxygen atoms in total. The molecule has 120 valence electrons. The van der Waals surface area contributed by atoms with Crippen LogP contribution in [0.5, 0.6) is 0 Å². The number of pyridine rings is 1. The highest BCUT2D eigenvalue weighted by Crippen LogP contribution is 2.41. The van der Waals surface area contributed by atoms with Crippen LogP contribution in [0.1, 0.15) is 22.3 Å². The standard InChI is InChI=1S/C18H16N4OS/c1-12-8-21-13(9-20-12)10-22-17(23)11-24-18(22)15-6-7-19-16-5-3-2-4-14(15)16/h2-9,18H,10-11H2,1H3. The van der Waals surface area contributed by atoms with Gasteiger partial charge in [-0.2, -0.15) is 0 Å². The monoisotopic (exact) mass is 336 g/mol. The first kappa shape index (κ1) is 15.1. The average molecular weight is 336 g/mol. The second kappa shape index (κ2) is 6.20. The number of para-hydroxylation sites is 1. The Labute approximate surface area is 144 Å². The van der Waals surface area contributed by atoms with Gasteiger partial charge in [-0.05, 0) is 24.6 Å². The van der Waals surface area contributed by atoms with Gasteiger partial charge in [0.15, 0.2) is 0 Å². The maximum absolute atomic E-state index is 12.4. The molecule has 0 radical (unpaired) electrons. The fourth-order valence-corrected chi connectivity index (χ4v) is 4.11. The summed E-state index contributed by atoms with van der Waals surface area (Å²) in [6.45, 7) is 2.37. The van der Waals surface area contributed by atoms with Crippen LogP contribution < -0.4 is 0 Å². The number of carbonyl (C=O) groups is 1. The van der Waals surface area contributed by atoms with E-state index in [9.17, 15) is 4.79 Å². The molecule has 0 saturated carbocycles. The summed E-state index contributed by atoms with van der Waals surface area (Å²) in [6, 6.07) is 10.0. The highest BCUT2D eigenvalue weighted by Gasteiger charge is 2.34. The van der Waals surface area contributed by atoms with Crippen molar-refractivity contribution >= 4 is 28.6 Å². The third-order valence-electron chi connectivity index (χ3n) is 4.08. The quantitative estimate of drug-likeness (QED) is 0.735. The van der Waals surface area contributed by atoms with E-state index in [1.165, 1.54) is 0 Å². The van der Waals surface area contributed by atoms with E-state index in [2.05, 4.69) is 21.0 Å². The summed E-state index contributed by atoms with van der Waals surface area (Å²) in [4.78, 5) is 27.4. The first-order valence-electron chi connectivity index (χ1n) is 7.74. The van der Waals surface area contributed by atoms with Crippen LogP contribution in [-0.4, -0.2) is 31.5 Å². The Kier molecular flexibility index (Phi) is 3.90. The molecule has 1 aromatic carbocycles. The first-order chi connectivity index (χ1) is 11.7. The molecule has 3 heterocycles. The topological polar surface area (TPSA) is 59.0 Å². The number of fused-ring (bicyclic) bond motifs is 1. The van der Waals surface area contributed by atoms with Crippen molar-refractivity contribution in [3.05, 3.63) is 65.9 Å². The third-order valence-corrected chi connectivity index (χ3v) is 5.32. The van der Waals surface area contributed by atoms with Gasteiger partial charge in [0.25, 0.3) is 0 Å². The fourth-order valence-electron chi connectivity index (χ4n) is 2.89. The van der Waals surface area contributed by atoms with Crippen LogP contribution in [0.3, 0.4) is 0 Å². The smallest absolute Gasteiger partial charge is 0.234 e. The predicted molar refractivity (Wildman–Crippen MR) is 94.3 cm³/mol. The number of benzene rings is 1. The summed E-state index contributed by atoms with van der Waals surface area (Å²) < 4.78 is 0. The summed E-state index contributed by atoms with van der Waals surface area (Å²) in [5.74, 6) is 0.619. The molecule has 0 N–H and O–H groups in total. The number of rotatable bonds is 3. The normalized spacial score (nSPS) is 17.6. The Morgan fingerprint density at radius 3 is 2.88 bits per heavy atom. The largest absolute Gasteiger partial charge is 0.320 e. The van der Waals surface area contributed by atoms with Crippen molar-refractivity contribution < 1.29 is 4.79 Å². The highest BCUT2D eigenvalue weighted by molar-refractivity contribution is 8.00. The van der Waals surface area contributed by atoms with Crippen molar-refractivity contribution in [1.29, 1.82) is 0 Å². The number of nitrogens with zero attached hydrogens (tertiary/aromatic N) is 4. The fraction of sp³-hybridized carbons (Fsp3) is 0.222. The Morgan fingerprint density at radius 2 is 2.04 bits per heavy atom. The second-order valence-corrected chi connectivity index (χ2v) is 6.82. The van der Waals surface area contributed by atoms with Gasteiger partial charge >= 0.3 is 0 Å². The zero-order chi connectivity index (χ0) is 16.5. The van der Waals surface area contributed by atoms with E-state index in [-0.39, 0.29) is 11.3 Å². The van der Waals surface area contributed by atoms with E-state index in [0.717, 1.165) is 27.9 Å². The van der Waals surface area contributed by atoms with Crippen molar-refractivity contribution in [3.8, 4) is 0 Å². The van der Waals surface area contributed by atoms with Gasteiger partial charge in [-0.3, -0.25) is 19.7 Å². The molecular formula is C18H16N4OS. The molecule has 0 bridgehead atoms. The molecular weight excluding hydrogens is 320 g/mol. The molecule has 1 atom stereocenters. The first-order valence-corrected chi connectivity index (χ1v) is 8.79. The predicted octanol–water partition coefficient (Wildman–Crippen LogP) is 3.11. The van der Waals surface area contributed by atoms with Crippen molar-refractivity contribution in [2.45, 2.75) is 18.8 Å². The average Bonchev–Trinajstić information content (AvgIpc) is 2.97. The highest BCUT2D eigenvalue weighted by atomic mass is 32.2. The molecule has 0 spiro atoms. The summed E-state index contributed by atoms with van der Waals surface area (Å²) in [5, 5.41) is 1.07. The minimum absolute atomic E-state index is 0.0199. The molecule has 1 saturated heterocycles. The zero-order valence-corrected chi connectivity index (χ0v) is 14.0. The van der Waals surface area contributed by atoms with Gasteiger partial charge in [0.05, 0.1) is 35.4 Å². The molecule has 0 aliphatic carbocycles. The number of hydrogen-bond donors (Lipinski definition) is 0. The minimum Gasteiger partial charge on any atom is -0.320 e. The van der Waals surface area contributed by atoms with Crippen LogP contribution in [-0.2, 0) is 11.3 Å². The van der Waals surface area contributed by atoms with Gasteiger partial charge < -0.3 is 4.90 Å². The summed E-state index contributed by atoms with van der Waals surface area (Å²) in [5.41, 5.74) is 3.75. The maximum atomic E-state index is 12.4. The van der Waals surface area contributed by atoms with E-state index in [1.54, 1.807) is 24.2 Å². The number of hydrogen-bond acceptors (Lipinski definition) is 5. The number of carbonyl (C=O) groups excluding carboxylic acids is 1. The molecule has 1 unspecified atom stereocenters. The van der Waals surface area contributed by atoms with Crippen molar-refractivity contribution in [2.75, 3.05) is 5.75 Å². The van der Waals surface area contributed by atoms with Crippen LogP contribution in [0, 0.1) is 6.92 Å². The van der Waals surface area contributed by atoms with Crippen LogP contribution in [0.25, 0.3) is 10.9 Å². The molecule has 6 heteroatoms. The number of amides is 1. The van der Waals surface area contributed by atoms with Gasteiger partial charge in [-0.25, -0.2) is 0 Å². The van der Waals surface area contributed by atoms with Crippen molar-refractivity contribution in [3.63, 3.8) is 0 Å². The van der Waals surface area contributed by atoms with Crippen LogP contribution in [0.15, 0.2) is 48.9 Å². The Hall–Kier alpha value is -2.47. The Bertz CT molecular complexity index is 892.